The van der Waals surface area contributed by atoms with Crippen molar-refractivity contribution in [3.8, 4) is 0 Å². The molecule has 0 radical (unpaired) electrons. The second kappa shape index (κ2) is 6.01. The third-order valence-corrected chi connectivity index (χ3v) is 5.33. The highest BCUT2D eigenvalue weighted by molar-refractivity contribution is 7.91. The molecular weight excluding hydrogens is 281 g/mol. The zero-order chi connectivity index (χ0) is 14.8. The van der Waals surface area contributed by atoms with Crippen LogP contribution in [0.1, 0.15) is 12.5 Å². The SMILES string of the molecule is CC1CS(=O)(=O)CCN1CC(=O)Cc1ccccc1F. The first-order valence-corrected chi connectivity index (χ1v) is 8.39. The summed E-state index contributed by atoms with van der Waals surface area (Å²) >= 11 is 0. The van der Waals surface area contributed by atoms with Gasteiger partial charge in [-0.15, -0.1) is 0 Å². The second-order valence-corrected chi connectivity index (χ2v) is 7.47. The molecular formula is C14H18FNO3S. The highest BCUT2D eigenvalue weighted by Gasteiger charge is 2.29. The van der Waals surface area contributed by atoms with E-state index in [-0.39, 0.29) is 42.1 Å². The number of carbonyl (C=O) groups is 1. The number of ketones is 1. The van der Waals surface area contributed by atoms with Gasteiger partial charge < -0.3 is 0 Å². The predicted octanol–water partition coefficient (Wildman–Crippen LogP) is 1.06. The lowest BCUT2D eigenvalue weighted by molar-refractivity contribution is -0.120. The molecule has 0 bridgehead atoms. The molecule has 1 aromatic carbocycles. The van der Waals surface area contributed by atoms with Gasteiger partial charge in [0.25, 0.3) is 0 Å². The predicted molar refractivity (Wildman–Crippen MR) is 74.8 cm³/mol. The quantitative estimate of drug-likeness (QED) is 0.834. The fourth-order valence-corrected chi connectivity index (χ4v) is 4.03. The van der Waals surface area contributed by atoms with Gasteiger partial charge in [0.2, 0.25) is 0 Å². The second-order valence-electron chi connectivity index (χ2n) is 5.24. The van der Waals surface area contributed by atoms with Crippen LogP contribution in [0.2, 0.25) is 0 Å². The van der Waals surface area contributed by atoms with E-state index < -0.39 is 9.84 Å². The molecule has 4 nitrogen and oxygen atoms in total. The summed E-state index contributed by atoms with van der Waals surface area (Å²) in [6.45, 7) is 2.34. The molecule has 1 atom stereocenters. The summed E-state index contributed by atoms with van der Waals surface area (Å²) in [7, 11) is -2.98. The van der Waals surface area contributed by atoms with Crippen molar-refractivity contribution in [1.29, 1.82) is 0 Å². The Bertz CT molecular complexity index is 600. The van der Waals surface area contributed by atoms with E-state index in [1.54, 1.807) is 25.1 Å². The Morgan fingerprint density at radius 2 is 2.10 bits per heavy atom. The van der Waals surface area contributed by atoms with Gasteiger partial charge in [-0.05, 0) is 18.6 Å². The maximum Gasteiger partial charge on any atom is 0.153 e. The number of sulfone groups is 1. The van der Waals surface area contributed by atoms with E-state index in [9.17, 15) is 17.6 Å². The molecule has 1 saturated heterocycles. The highest BCUT2D eigenvalue weighted by Crippen LogP contribution is 2.13. The molecule has 20 heavy (non-hydrogen) atoms. The molecule has 0 aliphatic carbocycles. The van der Waals surface area contributed by atoms with E-state index in [4.69, 9.17) is 0 Å². The number of halogens is 1. The molecule has 0 N–H and O–H groups in total. The van der Waals surface area contributed by atoms with Crippen LogP contribution in [-0.2, 0) is 21.1 Å². The van der Waals surface area contributed by atoms with Crippen molar-refractivity contribution in [3.63, 3.8) is 0 Å². The Balaban J connectivity index is 1.94. The van der Waals surface area contributed by atoms with Crippen molar-refractivity contribution in [1.82, 2.24) is 4.90 Å². The Labute approximate surface area is 118 Å². The van der Waals surface area contributed by atoms with Crippen LogP contribution in [-0.4, -0.2) is 49.7 Å². The number of hydrogen-bond donors (Lipinski definition) is 0. The van der Waals surface area contributed by atoms with Crippen LogP contribution in [0.3, 0.4) is 0 Å². The van der Waals surface area contributed by atoms with Gasteiger partial charge in [-0.3, -0.25) is 9.69 Å². The number of Topliss-reactive ketones (excluding diaryl/α,β-unsaturated/α-hetero) is 1. The van der Waals surface area contributed by atoms with Crippen LogP contribution in [0.5, 0.6) is 0 Å². The maximum absolute atomic E-state index is 13.5. The van der Waals surface area contributed by atoms with Crippen LogP contribution in [0.4, 0.5) is 4.39 Å². The summed E-state index contributed by atoms with van der Waals surface area (Å²) < 4.78 is 36.4. The van der Waals surface area contributed by atoms with E-state index in [2.05, 4.69) is 0 Å². The Morgan fingerprint density at radius 1 is 1.40 bits per heavy atom. The molecule has 0 saturated carbocycles. The topological polar surface area (TPSA) is 54.5 Å². The molecule has 1 aromatic rings. The molecule has 2 rings (SSSR count). The first kappa shape index (κ1) is 15.1. The van der Waals surface area contributed by atoms with Crippen molar-refractivity contribution >= 4 is 15.6 Å². The van der Waals surface area contributed by atoms with Crippen LogP contribution >= 0.6 is 0 Å². The minimum absolute atomic E-state index is 0.0443. The molecule has 0 spiro atoms. The molecule has 0 aromatic heterocycles. The third kappa shape index (κ3) is 3.86. The number of rotatable bonds is 4. The summed E-state index contributed by atoms with van der Waals surface area (Å²) in [5.74, 6) is -0.305. The number of benzene rings is 1. The number of nitrogens with zero attached hydrogens (tertiary/aromatic N) is 1. The van der Waals surface area contributed by atoms with E-state index in [0.717, 1.165) is 0 Å². The number of hydrogen-bond acceptors (Lipinski definition) is 4. The third-order valence-electron chi connectivity index (χ3n) is 3.53. The van der Waals surface area contributed by atoms with E-state index in [1.165, 1.54) is 6.07 Å². The van der Waals surface area contributed by atoms with Gasteiger partial charge in [0.05, 0.1) is 18.1 Å². The van der Waals surface area contributed by atoms with Gasteiger partial charge in [-0.2, -0.15) is 0 Å². The van der Waals surface area contributed by atoms with Crippen molar-refractivity contribution in [3.05, 3.63) is 35.6 Å². The standard InChI is InChI=1S/C14H18FNO3S/c1-11-10-20(18,19)7-6-16(11)9-13(17)8-12-4-2-3-5-14(12)15/h2-5,11H,6-10H2,1H3. The number of carbonyl (C=O) groups excluding carboxylic acids is 1. The summed E-state index contributed by atoms with van der Waals surface area (Å²) in [5, 5.41) is 0. The van der Waals surface area contributed by atoms with Gasteiger partial charge in [0, 0.05) is 19.0 Å². The normalized spacial score (nSPS) is 22.6. The minimum Gasteiger partial charge on any atom is -0.298 e. The molecule has 1 fully saturated rings. The lowest BCUT2D eigenvalue weighted by Gasteiger charge is -2.32. The Hall–Kier alpha value is -1.27. The lowest BCUT2D eigenvalue weighted by Crippen LogP contribution is -2.48. The van der Waals surface area contributed by atoms with E-state index >= 15 is 0 Å². The molecule has 1 heterocycles. The maximum atomic E-state index is 13.5. The smallest absolute Gasteiger partial charge is 0.153 e. The summed E-state index contributed by atoms with van der Waals surface area (Å²) in [6, 6.07) is 6.04. The average molecular weight is 299 g/mol. The largest absolute Gasteiger partial charge is 0.298 e. The fraction of sp³-hybridized carbons (Fsp3) is 0.500. The summed E-state index contributed by atoms with van der Waals surface area (Å²) in [6.07, 6.45) is 0.0443. The lowest BCUT2D eigenvalue weighted by atomic mass is 10.1. The monoisotopic (exact) mass is 299 g/mol. The van der Waals surface area contributed by atoms with Crippen molar-refractivity contribution in [2.24, 2.45) is 0 Å². The van der Waals surface area contributed by atoms with Crippen molar-refractivity contribution < 1.29 is 17.6 Å². The van der Waals surface area contributed by atoms with Crippen molar-refractivity contribution in [2.45, 2.75) is 19.4 Å². The van der Waals surface area contributed by atoms with Crippen LogP contribution in [0, 0.1) is 5.82 Å². The van der Waals surface area contributed by atoms with Crippen LogP contribution in [0.25, 0.3) is 0 Å². The van der Waals surface area contributed by atoms with Gasteiger partial charge in [-0.25, -0.2) is 12.8 Å². The molecule has 1 aliphatic heterocycles. The summed E-state index contributed by atoms with van der Waals surface area (Å²) in [4.78, 5) is 13.8. The Morgan fingerprint density at radius 3 is 2.75 bits per heavy atom. The zero-order valence-corrected chi connectivity index (χ0v) is 12.2. The first-order chi connectivity index (χ1) is 9.37. The molecule has 6 heteroatoms. The van der Waals surface area contributed by atoms with Crippen LogP contribution in [0.15, 0.2) is 24.3 Å². The Kier molecular flexibility index (Phi) is 4.55. The van der Waals surface area contributed by atoms with E-state index in [0.29, 0.717) is 12.1 Å². The molecule has 110 valence electrons. The summed E-state index contributed by atoms with van der Waals surface area (Å²) in [5.41, 5.74) is 0.384. The van der Waals surface area contributed by atoms with Gasteiger partial charge >= 0.3 is 0 Å². The molecule has 1 unspecified atom stereocenters. The fourth-order valence-electron chi connectivity index (χ4n) is 2.40. The van der Waals surface area contributed by atoms with Crippen LogP contribution < -0.4 is 0 Å². The van der Waals surface area contributed by atoms with E-state index in [1.807, 2.05) is 4.90 Å². The molecule has 0 amide bonds. The van der Waals surface area contributed by atoms with Gasteiger partial charge in [0.15, 0.2) is 15.6 Å². The minimum atomic E-state index is -2.98. The highest BCUT2D eigenvalue weighted by atomic mass is 32.2. The molecule has 1 aliphatic rings. The first-order valence-electron chi connectivity index (χ1n) is 6.57. The zero-order valence-electron chi connectivity index (χ0n) is 11.4. The van der Waals surface area contributed by atoms with Crippen molar-refractivity contribution in [2.75, 3.05) is 24.6 Å². The van der Waals surface area contributed by atoms with Gasteiger partial charge in [-0.1, -0.05) is 18.2 Å². The van der Waals surface area contributed by atoms with Gasteiger partial charge in [0.1, 0.15) is 5.82 Å². The average Bonchev–Trinajstić information content (AvgIpc) is 2.35.